The fourth-order valence-electron chi connectivity index (χ4n) is 1.44. The average Bonchev–Trinajstić information content (AvgIpc) is 2.15. The van der Waals surface area contributed by atoms with Crippen LogP contribution in [0.5, 0.6) is 0 Å². The van der Waals surface area contributed by atoms with E-state index in [4.69, 9.17) is 9.84 Å². The Morgan fingerprint density at radius 2 is 2.46 bits per heavy atom. The van der Waals surface area contributed by atoms with Gasteiger partial charge in [-0.25, -0.2) is 4.79 Å². The number of carbonyl (C=O) groups is 1. The van der Waals surface area contributed by atoms with E-state index in [1.807, 2.05) is 0 Å². The van der Waals surface area contributed by atoms with E-state index in [0.717, 1.165) is 25.9 Å². The van der Waals surface area contributed by atoms with Crippen molar-refractivity contribution in [2.45, 2.75) is 25.9 Å². The molecule has 4 heteroatoms. The highest BCUT2D eigenvalue weighted by Crippen LogP contribution is 2.06. The van der Waals surface area contributed by atoms with Crippen LogP contribution in [0.1, 0.15) is 19.8 Å². The molecule has 0 spiro atoms. The van der Waals surface area contributed by atoms with Gasteiger partial charge in [-0.05, 0) is 13.0 Å². The number of morpholine rings is 1. The van der Waals surface area contributed by atoms with Gasteiger partial charge in [0.05, 0.1) is 6.61 Å². The van der Waals surface area contributed by atoms with Gasteiger partial charge in [0, 0.05) is 13.1 Å². The fourth-order valence-corrected chi connectivity index (χ4v) is 1.44. The van der Waals surface area contributed by atoms with E-state index in [2.05, 4.69) is 11.8 Å². The zero-order valence-corrected chi connectivity index (χ0v) is 8.03. The second-order valence-electron chi connectivity index (χ2n) is 3.35. The van der Waals surface area contributed by atoms with Crippen molar-refractivity contribution in [1.82, 2.24) is 4.90 Å². The summed E-state index contributed by atoms with van der Waals surface area (Å²) < 4.78 is 5.11. The van der Waals surface area contributed by atoms with Gasteiger partial charge >= 0.3 is 5.97 Å². The lowest BCUT2D eigenvalue weighted by Gasteiger charge is -2.30. The Labute approximate surface area is 78.5 Å². The molecular weight excluding hydrogens is 170 g/mol. The monoisotopic (exact) mass is 187 g/mol. The van der Waals surface area contributed by atoms with Gasteiger partial charge in [-0.15, -0.1) is 0 Å². The first-order valence-electron chi connectivity index (χ1n) is 4.80. The Kier molecular flexibility index (Phi) is 4.18. The number of nitrogens with zero attached hydrogens (tertiary/aromatic N) is 1. The van der Waals surface area contributed by atoms with Crippen LogP contribution in [0.15, 0.2) is 0 Å². The summed E-state index contributed by atoms with van der Waals surface area (Å²) in [6.45, 7) is 5.07. The predicted molar refractivity (Wildman–Crippen MR) is 48.7 cm³/mol. The molecule has 1 atom stereocenters. The van der Waals surface area contributed by atoms with Crippen LogP contribution in [0.2, 0.25) is 0 Å². The van der Waals surface area contributed by atoms with E-state index in [-0.39, 0.29) is 0 Å². The van der Waals surface area contributed by atoms with Crippen LogP contribution >= 0.6 is 0 Å². The third kappa shape index (κ3) is 3.32. The number of rotatable bonds is 4. The summed E-state index contributed by atoms with van der Waals surface area (Å²) in [6, 6.07) is 0. The summed E-state index contributed by atoms with van der Waals surface area (Å²) in [5.41, 5.74) is 0. The molecule has 0 aromatic heterocycles. The first-order chi connectivity index (χ1) is 6.24. The quantitative estimate of drug-likeness (QED) is 0.699. The Morgan fingerprint density at radius 1 is 1.69 bits per heavy atom. The van der Waals surface area contributed by atoms with Crippen LogP contribution in [0.4, 0.5) is 0 Å². The van der Waals surface area contributed by atoms with Crippen molar-refractivity contribution in [3.05, 3.63) is 0 Å². The van der Waals surface area contributed by atoms with Crippen molar-refractivity contribution in [2.75, 3.05) is 26.2 Å². The van der Waals surface area contributed by atoms with Crippen molar-refractivity contribution in [2.24, 2.45) is 0 Å². The molecule has 4 nitrogen and oxygen atoms in total. The topological polar surface area (TPSA) is 49.8 Å². The maximum atomic E-state index is 10.6. The van der Waals surface area contributed by atoms with E-state index >= 15 is 0 Å². The van der Waals surface area contributed by atoms with Crippen LogP contribution in [0, 0.1) is 0 Å². The van der Waals surface area contributed by atoms with E-state index in [0.29, 0.717) is 13.2 Å². The third-order valence-corrected chi connectivity index (χ3v) is 2.25. The Balaban J connectivity index is 2.29. The Morgan fingerprint density at radius 3 is 3.08 bits per heavy atom. The molecule has 1 unspecified atom stereocenters. The van der Waals surface area contributed by atoms with Gasteiger partial charge < -0.3 is 9.84 Å². The normalized spacial score (nSPS) is 24.5. The zero-order valence-electron chi connectivity index (χ0n) is 8.03. The van der Waals surface area contributed by atoms with Crippen molar-refractivity contribution in [3.8, 4) is 0 Å². The molecule has 76 valence electrons. The highest BCUT2D eigenvalue weighted by atomic mass is 16.5. The van der Waals surface area contributed by atoms with Crippen LogP contribution in [0.25, 0.3) is 0 Å². The SMILES string of the molecule is CCCCN1CCOC(C(=O)O)C1. The molecule has 0 amide bonds. The minimum absolute atomic E-state index is 0.537. The lowest BCUT2D eigenvalue weighted by atomic mass is 10.2. The Bertz CT molecular complexity index is 172. The lowest BCUT2D eigenvalue weighted by molar-refractivity contribution is -0.156. The number of unbranched alkanes of at least 4 members (excludes halogenated alkanes) is 1. The summed E-state index contributed by atoms with van der Waals surface area (Å²) in [5.74, 6) is -0.846. The summed E-state index contributed by atoms with van der Waals surface area (Å²) >= 11 is 0. The average molecular weight is 187 g/mol. The molecule has 1 N–H and O–H groups in total. The number of hydrogen-bond donors (Lipinski definition) is 1. The van der Waals surface area contributed by atoms with Gasteiger partial charge in [0.25, 0.3) is 0 Å². The summed E-state index contributed by atoms with van der Waals surface area (Å²) in [7, 11) is 0. The molecule has 1 aliphatic rings. The molecular formula is C9H17NO3. The first kappa shape index (κ1) is 10.5. The van der Waals surface area contributed by atoms with E-state index in [9.17, 15) is 4.79 Å². The molecule has 0 aliphatic carbocycles. The number of carboxylic acids is 1. The van der Waals surface area contributed by atoms with Gasteiger partial charge in [0.15, 0.2) is 6.10 Å². The van der Waals surface area contributed by atoms with Crippen LogP contribution < -0.4 is 0 Å². The summed E-state index contributed by atoms with van der Waals surface area (Å²) in [5, 5.41) is 8.73. The number of ether oxygens (including phenoxy) is 1. The number of hydrogen-bond acceptors (Lipinski definition) is 3. The highest BCUT2D eigenvalue weighted by molar-refractivity contribution is 5.72. The molecule has 0 aromatic rings. The lowest BCUT2D eigenvalue weighted by Crippen LogP contribution is -2.46. The smallest absolute Gasteiger partial charge is 0.334 e. The highest BCUT2D eigenvalue weighted by Gasteiger charge is 2.25. The number of aliphatic carboxylic acids is 1. The predicted octanol–water partition coefficient (Wildman–Crippen LogP) is 0.572. The number of carboxylic acid groups (broad SMARTS) is 1. The second-order valence-corrected chi connectivity index (χ2v) is 3.35. The molecule has 0 radical (unpaired) electrons. The van der Waals surface area contributed by atoms with Crippen LogP contribution in [-0.2, 0) is 9.53 Å². The molecule has 1 fully saturated rings. The molecule has 0 aromatic carbocycles. The third-order valence-electron chi connectivity index (χ3n) is 2.25. The van der Waals surface area contributed by atoms with Gasteiger partial charge in [0.2, 0.25) is 0 Å². The Hall–Kier alpha value is -0.610. The van der Waals surface area contributed by atoms with Crippen molar-refractivity contribution < 1.29 is 14.6 Å². The summed E-state index contributed by atoms with van der Waals surface area (Å²) in [4.78, 5) is 12.8. The van der Waals surface area contributed by atoms with Crippen LogP contribution in [0.3, 0.4) is 0 Å². The van der Waals surface area contributed by atoms with Gasteiger partial charge in [0.1, 0.15) is 0 Å². The molecule has 13 heavy (non-hydrogen) atoms. The minimum atomic E-state index is -0.846. The van der Waals surface area contributed by atoms with Crippen molar-refractivity contribution in [3.63, 3.8) is 0 Å². The van der Waals surface area contributed by atoms with Crippen LogP contribution in [-0.4, -0.2) is 48.3 Å². The molecule has 1 rings (SSSR count). The molecule has 1 aliphatic heterocycles. The molecule has 0 bridgehead atoms. The first-order valence-corrected chi connectivity index (χ1v) is 4.80. The maximum absolute atomic E-state index is 10.6. The fraction of sp³-hybridized carbons (Fsp3) is 0.889. The molecule has 1 saturated heterocycles. The minimum Gasteiger partial charge on any atom is -0.479 e. The molecule has 0 saturated carbocycles. The van der Waals surface area contributed by atoms with Crippen molar-refractivity contribution in [1.29, 1.82) is 0 Å². The zero-order chi connectivity index (χ0) is 9.68. The standard InChI is InChI=1S/C9H17NO3/c1-2-3-4-10-5-6-13-8(7-10)9(11)12/h8H,2-7H2,1H3,(H,11,12). The van der Waals surface area contributed by atoms with Gasteiger partial charge in [-0.3, -0.25) is 4.90 Å². The van der Waals surface area contributed by atoms with E-state index in [1.165, 1.54) is 0 Å². The summed E-state index contributed by atoms with van der Waals surface area (Å²) in [6.07, 6.45) is 1.66. The molecule has 1 heterocycles. The second kappa shape index (κ2) is 5.19. The maximum Gasteiger partial charge on any atom is 0.334 e. The van der Waals surface area contributed by atoms with E-state index < -0.39 is 12.1 Å². The largest absolute Gasteiger partial charge is 0.479 e. The van der Waals surface area contributed by atoms with Crippen molar-refractivity contribution >= 4 is 5.97 Å². The van der Waals surface area contributed by atoms with E-state index in [1.54, 1.807) is 0 Å². The van der Waals surface area contributed by atoms with Gasteiger partial charge in [-0.1, -0.05) is 13.3 Å². The van der Waals surface area contributed by atoms with Gasteiger partial charge in [-0.2, -0.15) is 0 Å².